The molecule has 19 heavy (non-hydrogen) atoms. The number of hydrogen-bond donors (Lipinski definition) is 1. The summed E-state index contributed by atoms with van der Waals surface area (Å²) in [7, 11) is 0. The molecule has 0 radical (unpaired) electrons. The summed E-state index contributed by atoms with van der Waals surface area (Å²) in [6, 6.07) is 10.1. The summed E-state index contributed by atoms with van der Waals surface area (Å²) in [6.07, 6.45) is 0.886. The van der Waals surface area contributed by atoms with Crippen LogP contribution in [0.2, 0.25) is 0 Å². The average Bonchev–Trinajstić information content (AvgIpc) is 2.89. The Morgan fingerprint density at radius 3 is 2.89 bits per heavy atom. The van der Waals surface area contributed by atoms with Crippen molar-refractivity contribution in [3.63, 3.8) is 0 Å². The summed E-state index contributed by atoms with van der Waals surface area (Å²) in [5, 5.41) is 0. The summed E-state index contributed by atoms with van der Waals surface area (Å²) in [4.78, 5) is 0. The zero-order chi connectivity index (χ0) is 13.4. The van der Waals surface area contributed by atoms with E-state index in [1.165, 1.54) is 6.07 Å². The molecule has 1 aliphatic heterocycles. The van der Waals surface area contributed by atoms with E-state index in [0.29, 0.717) is 12.2 Å². The Kier molecular flexibility index (Phi) is 3.29. The Morgan fingerprint density at radius 2 is 2.05 bits per heavy atom. The molecule has 0 aliphatic carbocycles. The van der Waals surface area contributed by atoms with Crippen LogP contribution < -0.4 is 10.5 Å². The van der Waals surface area contributed by atoms with Gasteiger partial charge < -0.3 is 10.5 Å². The van der Waals surface area contributed by atoms with Crippen LogP contribution in [0.5, 0.6) is 5.75 Å². The first-order chi connectivity index (χ1) is 9.16. The number of nitrogens with two attached hydrogens (primary N) is 1. The second-order valence-corrected chi connectivity index (χ2v) is 5.49. The van der Waals surface area contributed by atoms with E-state index in [0.717, 1.165) is 27.8 Å². The third-order valence-corrected chi connectivity index (χ3v) is 3.87. The van der Waals surface area contributed by atoms with E-state index < -0.39 is 6.04 Å². The molecule has 2 N–H and O–H groups in total. The number of rotatable bonds is 2. The van der Waals surface area contributed by atoms with E-state index in [1.807, 2.05) is 18.2 Å². The standard InChI is InChI=1S/C15H13BrFNO/c16-10-4-5-13(17)12(8-10)14(18)11-3-1-2-9-6-7-19-15(9)11/h1-5,8,14H,6-7,18H2. The summed E-state index contributed by atoms with van der Waals surface area (Å²) in [5.41, 5.74) is 8.67. The van der Waals surface area contributed by atoms with Gasteiger partial charge in [0.1, 0.15) is 11.6 Å². The van der Waals surface area contributed by atoms with Crippen molar-refractivity contribution in [2.45, 2.75) is 12.5 Å². The van der Waals surface area contributed by atoms with Gasteiger partial charge >= 0.3 is 0 Å². The zero-order valence-electron chi connectivity index (χ0n) is 10.2. The first-order valence-corrected chi connectivity index (χ1v) is 6.91. The van der Waals surface area contributed by atoms with E-state index in [1.54, 1.807) is 12.1 Å². The largest absolute Gasteiger partial charge is 0.493 e. The molecule has 3 rings (SSSR count). The van der Waals surface area contributed by atoms with Crippen LogP contribution in [0.4, 0.5) is 4.39 Å². The highest BCUT2D eigenvalue weighted by molar-refractivity contribution is 9.10. The second-order valence-electron chi connectivity index (χ2n) is 4.58. The predicted octanol–water partition coefficient (Wildman–Crippen LogP) is 3.57. The first kappa shape index (κ1) is 12.6. The van der Waals surface area contributed by atoms with Gasteiger partial charge in [0.2, 0.25) is 0 Å². The Hall–Kier alpha value is -1.39. The van der Waals surface area contributed by atoms with Crippen molar-refractivity contribution in [3.8, 4) is 5.75 Å². The lowest BCUT2D eigenvalue weighted by molar-refractivity contribution is 0.352. The van der Waals surface area contributed by atoms with Crippen LogP contribution in [0.25, 0.3) is 0 Å². The number of para-hydroxylation sites is 1. The van der Waals surface area contributed by atoms with Crippen LogP contribution in [0.1, 0.15) is 22.7 Å². The Bertz CT molecular complexity index is 630. The maximum absolute atomic E-state index is 13.9. The van der Waals surface area contributed by atoms with Gasteiger partial charge in [0.15, 0.2) is 0 Å². The van der Waals surface area contributed by atoms with Crippen LogP contribution in [-0.4, -0.2) is 6.61 Å². The van der Waals surface area contributed by atoms with Gasteiger partial charge in [-0.25, -0.2) is 4.39 Å². The van der Waals surface area contributed by atoms with Gasteiger partial charge in [-0.05, 0) is 23.8 Å². The summed E-state index contributed by atoms with van der Waals surface area (Å²) in [6.45, 7) is 0.667. The minimum Gasteiger partial charge on any atom is -0.493 e. The van der Waals surface area contributed by atoms with Crippen molar-refractivity contribution in [1.82, 2.24) is 0 Å². The van der Waals surface area contributed by atoms with E-state index in [9.17, 15) is 4.39 Å². The maximum atomic E-state index is 13.9. The normalized spacial score (nSPS) is 14.9. The fourth-order valence-electron chi connectivity index (χ4n) is 2.41. The molecule has 2 aromatic carbocycles. The number of benzene rings is 2. The number of hydrogen-bond acceptors (Lipinski definition) is 2. The van der Waals surface area contributed by atoms with Gasteiger partial charge in [0.25, 0.3) is 0 Å². The highest BCUT2D eigenvalue weighted by atomic mass is 79.9. The lowest BCUT2D eigenvalue weighted by Gasteiger charge is -2.17. The molecule has 0 spiro atoms. The number of halogens is 2. The van der Waals surface area contributed by atoms with Crippen molar-refractivity contribution in [2.75, 3.05) is 6.61 Å². The zero-order valence-corrected chi connectivity index (χ0v) is 11.8. The molecule has 0 amide bonds. The monoisotopic (exact) mass is 321 g/mol. The topological polar surface area (TPSA) is 35.2 Å². The molecule has 0 saturated heterocycles. The van der Waals surface area contributed by atoms with Gasteiger partial charge in [-0.3, -0.25) is 0 Å². The van der Waals surface area contributed by atoms with E-state index in [4.69, 9.17) is 10.5 Å². The second kappa shape index (κ2) is 4.94. The van der Waals surface area contributed by atoms with Gasteiger partial charge in [-0.15, -0.1) is 0 Å². The van der Waals surface area contributed by atoms with Gasteiger partial charge in [-0.1, -0.05) is 34.1 Å². The number of ether oxygens (including phenoxy) is 1. The lowest BCUT2D eigenvalue weighted by atomic mass is 9.96. The smallest absolute Gasteiger partial charge is 0.128 e. The SMILES string of the molecule is NC(c1cc(Br)ccc1F)c1cccc2c1OCC2. The molecule has 1 aliphatic rings. The number of fused-ring (bicyclic) bond motifs is 1. The fraction of sp³-hybridized carbons (Fsp3) is 0.200. The summed E-state index contributed by atoms with van der Waals surface area (Å²) < 4.78 is 20.4. The molecule has 2 aromatic rings. The molecular formula is C15H13BrFNO. The molecule has 0 aromatic heterocycles. The van der Waals surface area contributed by atoms with Crippen LogP contribution >= 0.6 is 15.9 Å². The third-order valence-electron chi connectivity index (χ3n) is 3.37. The molecule has 4 heteroatoms. The molecule has 1 unspecified atom stereocenters. The van der Waals surface area contributed by atoms with Gasteiger partial charge in [0.05, 0.1) is 12.6 Å². The van der Waals surface area contributed by atoms with Crippen molar-refractivity contribution < 1.29 is 9.13 Å². The molecule has 0 bridgehead atoms. The van der Waals surface area contributed by atoms with E-state index >= 15 is 0 Å². The minimum absolute atomic E-state index is 0.300. The quantitative estimate of drug-likeness (QED) is 0.917. The summed E-state index contributed by atoms with van der Waals surface area (Å²) >= 11 is 3.35. The highest BCUT2D eigenvalue weighted by Gasteiger charge is 2.22. The molecule has 98 valence electrons. The lowest BCUT2D eigenvalue weighted by Crippen LogP contribution is -2.14. The Morgan fingerprint density at radius 1 is 1.21 bits per heavy atom. The minimum atomic E-state index is -0.523. The van der Waals surface area contributed by atoms with Crippen LogP contribution in [-0.2, 0) is 6.42 Å². The Balaban J connectivity index is 2.07. The van der Waals surface area contributed by atoms with Crippen LogP contribution in [0.3, 0.4) is 0 Å². The summed E-state index contributed by atoms with van der Waals surface area (Å²) in [5.74, 6) is 0.515. The van der Waals surface area contributed by atoms with Crippen molar-refractivity contribution >= 4 is 15.9 Å². The van der Waals surface area contributed by atoms with Crippen molar-refractivity contribution in [2.24, 2.45) is 5.73 Å². The maximum Gasteiger partial charge on any atom is 0.128 e. The van der Waals surface area contributed by atoms with Crippen LogP contribution in [0.15, 0.2) is 40.9 Å². The highest BCUT2D eigenvalue weighted by Crippen LogP contribution is 2.36. The molecular weight excluding hydrogens is 309 g/mol. The molecule has 0 saturated carbocycles. The predicted molar refractivity (Wildman–Crippen MR) is 75.8 cm³/mol. The fourth-order valence-corrected chi connectivity index (χ4v) is 2.78. The van der Waals surface area contributed by atoms with Gasteiger partial charge in [-0.2, -0.15) is 0 Å². The van der Waals surface area contributed by atoms with Gasteiger partial charge in [0, 0.05) is 22.0 Å². The molecule has 2 nitrogen and oxygen atoms in total. The molecule has 1 heterocycles. The van der Waals surface area contributed by atoms with E-state index in [2.05, 4.69) is 15.9 Å². The Labute approximate surface area is 119 Å². The first-order valence-electron chi connectivity index (χ1n) is 6.12. The molecule has 1 atom stereocenters. The van der Waals surface area contributed by atoms with E-state index in [-0.39, 0.29) is 5.82 Å². The van der Waals surface area contributed by atoms with Crippen molar-refractivity contribution in [3.05, 3.63) is 63.4 Å². The average molecular weight is 322 g/mol. The van der Waals surface area contributed by atoms with Crippen molar-refractivity contribution in [1.29, 1.82) is 0 Å². The third kappa shape index (κ3) is 2.26. The molecule has 0 fully saturated rings. The van der Waals surface area contributed by atoms with Crippen LogP contribution in [0, 0.1) is 5.82 Å².